The van der Waals surface area contributed by atoms with Crippen LogP contribution in [0.2, 0.25) is 0 Å². The monoisotopic (exact) mass is 480 g/mol. The highest BCUT2D eigenvalue weighted by Crippen LogP contribution is 2.29. The Bertz CT molecular complexity index is 1010. The van der Waals surface area contributed by atoms with Crippen molar-refractivity contribution in [1.29, 1.82) is 0 Å². The van der Waals surface area contributed by atoms with Crippen molar-refractivity contribution in [1.82, 2.24) is 9.62 Å². The van der Waals surface area contributed by atoms with Crippen LogP contribution in [0.4, 0.5) is 0 Å². The van der Waals surface area contributed by atoms with E-state index in [0.717, 1.165) is 30.8 Å². The van der Waals surface area contributed by atoms with Crippen molar-refractivity contribution in [2.45, 2.75) is 30.7 Å². The van der Waals surface area contributed by atoms with Crippen molar-refractivity contribution in [3.8, 4) is 0 Å². The molecule has 1 atom stereocenters. The summed E-state index contributed by atoms with van der Waals surface area (Å²) >= 11 is 1.59. The van der Waals surface area contributed by atoms with Crippen molar-refractivity contribution >= 4 is 33.3 Å². The third kappa shape index (κ3) is 5.74. The largest absolute Gasteiger partial charge is 0.465 e. The number of hydrogen-bond donors (Lipinski definition) is 1. The minimum absolute atomic E-state index is 0.0457. The average Bonchev–Trinajstić information content (AvgIpc) is 3.33. The topological polar surface area (TPSA) is 102 Å². The Kier molecular flexibility index (Phi) is 8.05. The number of piperidine rings is 1. The molecule has 1 aromatic carbocycles. The second-order valence-electron chi connectivity index (χ2n) is 7.83. The molecule has 8 nitrogen and oxygen atoms in total. The normalized spacial score (nSPS) is 16.5. The van der Waals surface area contributed by atoms with Gasteiger partial charge in [-0.25, -0.2) is 22.7 Å². The SMILES string of the molecule is COC(=O)c1cc(C(=O)OC)cc(S(=O)(=O)NCC(c2cccs2)N2CCC(C)CC2)c1. The second kappa shape index (κ2) is 10.6. The van der Waals surface area contributed by atoms with Gasteiger partial charge in [-0.2, -0.15) is 0 Å². The Morgan fingerprint density at radius 3 is 2.22 bits per heavy atom. The number of nitrogens with zero attached hydrogens (tertiary/aromatic N) is 1. The van der Waals surface area contributed by atoms with Crippen LogP contribution >= 0.6 is 11.3 Å². The number of carbonyl (C=O) groups is 2. The first kappa shape index (κ1) is 24.4. The average molecular weight is 481 g/mol. The van der Waals surface area contributed by atoms with Gasteiger partial charge in [0.15, 0.2) is 0 Å². The van der Waals surface area contributed by atoms with E-state index in [9.17, 15) is 18.0 Å². The summed E-state index contributed by atoms with van der Waals surface area (Å²) in [5.41, 5.74) is -0.0915. The van der Waals surface area contributed by atoms with Gasteiger partial charge in [-0.05, 0) is 61.5 Å². The number of hydrogen-bond acceptors (Lipinski definition) is 8. The first-order valence-corrected chi connectivity index (χ1v) is 12.7. The lowest BCUT2D eigenvalue weighted by atomic mass is 9.97. The molecule has 2 aromatic rings. The van der Waals surface area contributed by atoms with E-state index in [2.05, 4.69) is 16.5 Å². The number of nitrogens with one attached hydrogen (secondary N) is 1. The summed E-state index contributed by atoms with van der Waals surface area (Å²) in [6.07, 6.45) is 2.14. The standard InChI is InChI=1S/C22H28N2O6S2/c1-15-6-8-24(9-7-15)19(20-5-4-10-31-20)14-23-32(27,28)18-12-16(21(25)29-2)11-17(13-18)22(26)30-3/h4-5,10-13,15,19,23H,6-9,14H2,1-3H3. The predicted molar refractivity (Wildman–Crippen MR) is 121 cm³/mol. The van der Waals surface area contributed by atoms with E-state index in [0.29, 0.717) is 5.92 Å². The van der Waals surface area contributed by atoms with Gasteiger partial charge >= 0.3 is 11.9 Å². The molecule has 1 aromatic heterocycles. The molecule has 0 amide bonds. The van der Waals surface area contributed by atoms with Gasteiger partial charge in [-0.15, -0.1) is 11.3 Å². The van der Waals surface area contributed by atoms with E-state index in [4.69, 9.17) is 9.47 Å². The highest BCUT2D eigenvalue weighted by atomic mass is 32.2. The van der Waals surface area contributed by atoms with Gasteiger partial charge < -0.3 is 9.47 Å². The maximum absolute atomic E-state index is 13.1. The number of methoxy groups -OCH3 is 2. The van der Waals surface area contributed by atoms with Crippen molar-refractivity contribution in [3.63, 3.8) is 0 Å². The molecule has 1 N–H and O–H groups in total. The lowest BCUT2D eigenvalue weighted by Gasteiger charge is -2.36. The lowest BCUT2D eigenvalue weighted by Crippen LogP contribution is -2.41. The Balaban J connectivity index is 1.86. The summed E-state index contributed by atoms with van der Waals surface area (Å²) in [6.45, 7) is 4.20. The number of likely N-dealkylation sites (tertiary alicyclic amines) is 1. The molecule has 0 spiro atoms. The number of esters is 2. The quantitative estimate of drug-likeness (QED) is 0.579. The van der Waals surface area contributed by atoms with Crippen LogP contribution in [0.15, 0.2) is 40.6 Å². The van der Waals surface area contributed by atoms with E-state index in [1.54, 1.807) is 11.3 Å². The Labute approximate surface area is 192 Å². The van der Waals surface area contributed by atoms with Crippen LogP contribution in [0.3, 0.4) is 0 Å². The molecule has 1 fully saturated rings. The molecule has 1 aliphatic heterocycles. The number of rotatable bonds is 8. The Morgan fingerprint density at radius 1 is 1.12 bits per heavy atom. The van der Waals surface area contributed by atoms with E-state index in [1.165, 1.54) is 32.4 Å². The zero-order valence-electron chi connectivity index (χ0n) is 18.4. The summed E-state index contributed by atoms with van der Waals surface area (Å²) < 4.78 is 38.3. The van der Waals surface area contributed by atoms with Crippen LogP contribution < -0.4 is 4.72 Å². The smallest absolute Gasteiger partial charge is 0.337 e. The third-order valence-electron chi connectivity index (χ3n) is 5.66. The van der Waals surface area contributed by atoms with Gasteiger partial charge in [0, 0.05) is 11.4 Å². The number of benzene rings is 1. The van der Waals surface area contributed by atoms with Gasteiger partial charge in [0.1, 0.15) is 0 Å². The van der Waals surface area contributed by atoms with Crippen LogP contribution in [-0.4, -0.2) is 59.1 Å². The molecule has 2 heterocycles. The number of sulfonamides is 1. The summed E-state index contributed by atoms with van der Waals surface area (Å²) in [5.74, 6) is -0.832. The van der Waals surface area contributed by atoms with Crippen LogP contribution in [0.5, 0.6) is 0 Å². The van der Waals surface area contributed by atoms with E-state index in [-0.39, 0.29) is 28.6 Å². The molecule has 0 aliphatic carbocycles. The number of carbonyl (C=O) groups excluding carboxylic acids is 2. The van der Waals surface area contributed by atoms with Crippen LogP contribution in [0.1, 0.15) is 51.4 Å². The predicted octanol–water partition coefficient (Wildman–Crippen LogP) is 3.07. The molecule has 174 valence electrons. The zero-order chi connectivity index (χ0) is 23.3. The molecular formula is C22H28N2O6S2. The molecule has 0 radical (unpaired) electrons. The Hall–Kier alpha value is -2.27. The summed E-state index contributed by atoms with van der Waals surface area (Å²) in [7, 11) is -1.64. The van der Waals surface area contributed by atoms with Crippen molar-refractivity contribution in [3.05, 3.63) is 51.7 Å². The van der Waals surface area contributed by atoms with Gasteiger partial charge in [-0.3, -0.25) is 4.90 Å². The zero-order valence-corrected chi connectivity index (χ0v) is 20.0. The molecule has 1 aliphatic rings. The van der Waals surface area contributed by atoms with Gasteiger partial charge in [-0.1, -0.05) is 13.0 Å². The fraction of sp³-hybridized carbons (Fsp3) is 0.455. The molecule has 1 saturated heterocycles. The fourth-order valence-corrected chi connectivity index (χ4v) is 5.70. The maximum Gasteiger partial charge on any atom is 0.337 e. The minimum atomic E-state index is -4.01. The summed E-state index contributed by atoms with van der Waals surface area (Å²) in [5, 5.41) is 1.98. The van der Waals surface area contributed by atoms with Crippen molar-refractivity contribution in [2.24, 2.45) is 5.92 Å². The van der Waals surface area contributed by atoms with Crippen LogP contribution in [0.25, 0.3) is 0 Å². The van der Waals surface area contributed by atoms with E-state index < -0.39 is 22.0 Å². The van der Waals surface area contributed by atoms with E-state index in [1.807, 2.05) is 17.5 Å². The molecular weight excluding hydrogens is 452 g/mol. The van der Waals surface area contributed by atoms with E-state index >= 15 is 0 Å². The lowest BCUT2D eigenvalue weighted by molar-refractivity contribution is 0.0598. The van der Waals surface area contributed by atoms with Gasteiger partial charge in [0.2, 0.25) is 10.0 Å². The Morgan fingerprint density at radius 2 is 1.72 bits per heavy atom. The van der Waals surface area contributed by atoms with Crippen LogP contribution in [0, 0.1) is 5.92 Å². The van der Waals surface area contributed by atoms with Crippen molar-refractivity contribution < 1.29 is 27.5 Å². The van der Waals surface area contributed by atoms with Gasteiger partial charge in [0.25, 0.3) is 0 Å². The first-order valence-electron chi connectivity index (χ1n) is 10.3. The maximum atomic E-state index is 13.1. The minimum Gasteiger partial charge on any atom is -0.465 e. The molecule has 3 rings (SSSR count). The summed E-state index contributed by atoms with van der Waals surface area (Å²) in [6, 6.07) is 7.51. The highest BCUT2D eigenvalue weighted by molar-refractivity contribution is 7.89. The first-order chi connectivity index (χ1) is 15.2. The molecule has 1 unspecified atom stereocenters. The molecule has 10 heteroatoms. The molecule has 0 saturated carbocycles. The molecule has 0 bridgehead atoms. The molecule has 32 heavy (non-hydrogen) atoms. The van der Waals surface area contributed by atoms with Crippen molar-refractivity contribution in [2.75, 3.05) is 33.9 Å². The second-order valence-corrected chi connectivity index (χ2v) is 10.6. The summed E-state index contributed by atoms with van der Waals surface area (Å²) in [4.78, 5) is 27.2. The van der Waals surface area contributed by atoms with Gasteiger partial charge in [0.05, 0.1) is 36.3 Å². The number of thiophene rings is 1. The number of ether oxygens (including phenoxy) is 2. The van der Waals surface area contributed by atoms with Crippen LogP contribution in [-0.2, 0) is 19.5 Å². The highest BCUT2D eigenvalue weighted by Gasteiger charge is 2.28. The fourth-order valence-electron chi connectivity index (χ4n) is 3.73. The third-order valence-corrected chi connectivity index (χ3v) is 8.03.